The number of rotatable bonds is 7. The van der Waals surface area contributed by atoms with E-state index >= 15 is 0 Å². The molecule has 1 atom stereocenters. The van der Waals surface area contributed by atoms with Crippen LogP contribution in [0.1, 0.15) is 6.92 Å². The molecule has 0 aliphatic carbocycles. The van der Waals surface area contributed by atoms with Gasteiger partial charge < -0.3 is 10.4 Å². The SMILES string of the molecule is C=CCNC(=O)CN1CCN(S(=O)(=O)C(C)C(=O)O)CC1. The van der Waals surface area contributed by atoms with Crippen LogP contribution in [0, 0.1) is 0 Å². The molecule has 9 heteroatoms. The highest BCUT2D eigenvalue weighted by atomic mass is 32.2. The first-order valence-electron chi connectivity index (χ1n) is 6.60. The predicted molar refractivity (Wildman–Crippen MR) is 77.2 cm³/mol. The number of nitrogens with zero attached hydrogens (tertiary/aromatic N) is 2. The van der Waals surface area contributed by atoms with E-state index in [4.69, 9.17) is 5.11 Å². The lowest BCUT2D eigenvalue weighted by molar-refractivity contribution is -0.136. The molecule has 1 rings (SSSR count). The van der Waals surface area contributed by atoms with E-state index in [1.54, 1.807) is 6.08 Å². The van der Waals surface area contributed by atoms with Crippen molar-refractivity contribution in [2.45, 2.75) is 12.2 Å². The van der Waals surface area contributed by atoms with Gasteiger partial charge in [-0.1, -0.05) is 6.08 Å². The van der Waals surface area contributed by atoms with Crippen molar-refractivity contribution in [1.82, 2.24) is 14.5 Å². The second kappa shape index (κ2) is 7.53. The third-order valence-corrected chi connectivity index (χ3v) is 5.48. The Morgan fingerprint density at radius 3 is 2.38 bits per heavy atom. The molecule has 2 N–H and O–H groups in total. The van der Waals surface area contributed by atoms with Crippen molar-refractivity contribution < 1.29 is 23.1 Å². The fourth-order valence-corrected chi connectivity index (χ4v) is 3.31. The van der Waals surface area contributed by atoms with Crippen LogP contribution in [0.15, 0.2) is 12.7 Å². The van der Waals surface area contributed by atoms with Gasteiger partial charge >= 0.3 is 5.97 Å². The maximum absolute atomic E-state index is 12.0. The van der Waals surface area contributed by atoms with Crippen LogP contribution in [0.2, 0.25) is 0 Å². The molecule has 0 saturated carbocycles. The molecule has 1 amide bonds. The van der Waals surface area contributed by atoms with Crippen LogP contribution in [0.5, 0.6) is 0 Å². The van der Waals surface area contributed by atoms with Crippen LogP contribution in [0.3, 0.4) is 0 Å². The summed E-state index contributed by atoms with van der Waals surface area (Å²) >= 11 is 0. The number of aliphatic carboxylic acids is 1. The van der Waals surface area contributed by atoms with Crippen LogP contribution in [-0.2, 0) is 19.6 Å². The van der Waals surface area contributed by atoms with Gasteiger partial charge in [0.05, 0.1) is 6.54 Å². The summed E-state index contributed by atoms with van der Waals surface area (Å²) < 4.78 is 25.2. The van der Waals surface area contributed by atoms with Gasteiger partial charge in [0.25, 0.3) is 0 Å². The van der Waals surface area contributed by atoms with Gasteiger partial charge in [0, 0.05) is 32.7 Å². The van der Waals surface area contributed by atoms with E-state index in [0.29, 0.717) is 19.6 Å². The lowest BCUT2D eigenvalue weighted by atomic mass is 10.3. The molecule has 1 aliphatic rings. The molecule has 0 aromatic carbocycles. The number of carbonyl (C=O) groups is 2. The summed E-state index contributed by atoms with van der Waals surface area (Å²) in [5.74, 6) is -1.51. The molecule has 0 bridgehead atoms. The fourth-order valence-electron chi connectivity index (χ4n) is 1.94. The van der Waals surface area contributed by atoms with E-state index in [0.717, 1.165) is 6.92 Å². The molecule has 0 aromatic rings. The Morgan fingerprint density at radius 2 is 1.90 bits per heavy atom. The molecule has 8 nitrogen and oxygen atoms in total. The molecule has 120 valence electrons. The van der Waals surface area contributed by atoms with Crippen LogP contribution >= 0.6 is 0 Å². The molecule has 0 aromatic heterocycles. The second-order valence-electron chi connectivity index (χ2n) is 4.79. The van der Waals surface area contributed by atoms with Crippen LogP contribution in [0.4, 0.5) is 0 Å². The lowest BCUT2D eigenvalue weighted by Gasteiger charge is -2.34. The largest absolute Gasteiger partial charge is 0.480 e. The summed E-state index contributed by atoms with van der Waals surface area (Å²) in [6.45, 7) is 6.41. The fraction of sp³-hybridized carbons (Fsp3) is 0.667. The van der Waals surface area contributed by atoms with Gasteiger partial charge in [-0.05, 0) is 6.92 Å². The average molecular weight is 319 g/mol. The van der Waals surface area contributed by atoms with Gasteiger partial charge in [0.1, 0.15) is 0 Å². The number of hydrogen-bond donors (Lipinski definition) is 2. The van der Waals surface area contributed by atoms with Gasteiger partial charge in [-0.25, -0.2) is 8.42 Å². The van der Waals surface area contributed by atoms with Crippen molar-refractivity contribution in [3.8, 4) is 0 Å². The Kier molecular flexibility index (Phi) is 6.31. The molecule has 21 heavy (non-hydrogen) atoms. The lowest BCUT2D eigenvalue weighted by Crippen LogP contribution is -2.53. The molecule has 1 saturated heterocycles. The van der Waals surface area contributed by atoms with Crippen molar-refractivity contribution in [3.05, 3.63) is 12.7 Å². The number of carboxylic acids is 1. The molecule has 1 aliphatic heterocycles. The number of hydrogen-bond acceptors (Lipinski definition) is 5. The van der Waals surface area contributed by atoms with Crippen molar-refractivity contribution >= 4 is 21.9 Å². The molecule has 1 unspecified atom stereocenters. The summed E-state index contributed by atoms with van der Waals surface area (Å²) in [5.41, 5.74) is 0. The summed E-state index contributed by atoms with van der Waals surface area (Å²) in [4.78, 5) is 24.2. The second-order valence-corrected chi connectivity index (χ2v) is 7.05. The van der Waals surface area contributed by atoms with Gasteiger partial charge in [-0.3, -0.25) is 14.5 Å². The Bertz CT molecular complexity index is 497. The van der Waals surface area contributed by atoms with Crippen LogP contribution < -0.4 is 5.32 Å². The highest BCUT2D eigenvalue weighted by Crippen LogP contribution is 2.12. The summed E-state index contributed by atoms with van der Waals surface area (Å²) in [7, 11) is -3.83. The Balaban J connectivity index is 2.50. The third-order valence-electron chi connectivity index (χ3n) is 3.30. The summed E-state index contributed by atoms with van der Waals surface area (Å²) in [5, 5.41) is 10.0. The zero-order chi connectivity index (χ0) is 16.0. The smallest absolute Gasteiger partial charge is 0.323 e. The van der Waals surface area contributed by atoms with E-state index in [9.17, 15) is 18.0 Å². The van der Waals surface area contributed by atoms with E-state index in [2.05, 4.69) is 11.9 Å². The van der Waals surface area contributed by atoms with Gasteiger partial charge in [-0.15, -0.1) is 6.58 Å². The Morgan fingerprint density at radius 1 is 1.33 bits per heavy atom. The maximum atomic E-state index is 12.0. The quantitative estimate of drug-likeness (QED) is 0.565. The normalized spacial score (nSPS) is 18.9. The Labute approximate surface area is 124 Å². The molecule has 0 radical (unpaired) electrons. The highest BCUT2D eigenvalue weighted by molar-refractivity contribution is 7.90. The van der Waals surface area contributed by atoms with Gasteiger partial charge in [0.2, 0.25) is 15.9 Å². The highest BCUT2D eigenvalue weighted by Gasteiger charge is 2.35. The van der Waals surface area contributed by atoms with Gasteiger partial charge in [0.15, 0.2) is 5.25 Å². The number of amides is 1. The number of carbonyl (C=O) groups excluding carboxylic acids is 1. The van der Waals surface area contributed by atoms with Crippen molar-refractivity contribution in [3.63, 3.8) is 0 Å². The van der Waals surface area contributed by atoms with Crippen LogP contribution in [-0.4, -0.2) is 79.1 Å². The number of carboxylic acid groups (broad SMARTS) is 1. The molecular formula is C12H21N3O5S. The van der Waals surface area contributed by atoms with Crippen molar-refractivity contribution in [2.24, 2.45) is 0 Å². The van der Waals surface area contributed by atoms with E-state index < -0.39 is 21.2 Å². The van der Waals surface area contributed by atoms with Crippen LogP contribution in [0.25, 0.3) is 0 Å². The third kappa shape index (κ3) is 4.80. The zero-order valence-corrected chi connectivity index (χ0v) is 12.8. The summed E-state index contributed by atoms with van der Waals surface area (Å²) in [6, 6.07) is 0. The first-order valence-corrected chi connectivity index (χ1v) is 8.11. The number of piperazine rings is 1. The topological polar surface area (TPSA) is 107 Å². The molecule has 1 fully saturated rings. The van der Waals surface area contributed by atoms with Gasteiger partial charge in [-0.2, -0.15) is 4.31 Å². The first-order chi connectivity index (χ1) is 9.78. The minimum Gasteiger partial charge on any atom is -0.480 e. The molecular weight excluding hydrogens is 298 g/mol. The zero-order valence-electron chi connectivity index (χ0n) is 12.0. The number of sulfonamides is 1. The standard InChI is InChI=1S/C12H21N3O5S/c1-3-4-13-11(16)9-14-5-7-15(8-6-14)21(19,20)10(2)12(17)18/h3,10H,1,4-9H2,2H3,(H,13,16)(H,17,18). The average Bonchev–Trinajstić information content (AvgIpc) is 2.44. The van der Waals surface area contributed by atoms with E-state index in [1.165, 1.54) is 4.31 Å². The minimum absolute atomic E-state index is 0.148. The predicted octanol–water partition coefficient (Wildman–Crippen LogP) is -1.29. The van der Waals surface area contributed by atoms with E-state index in [-0.39, 0.29) is 25.5 Å². The van der Waals surface area contributed by atoms with E-state index in [1.807, 2.05) is 4.90 Å². The monoisotopic (exact) mass is 319 g/mol. The Hall–Kier alpha value is -1.45. The molecule has 1 heterocycles. The summed E-state index contributed by atoms with van der Waals surface area (Å²) in [6.07, 6.45) is 1.58. The maximum Gasteiger partial charge on any atom is 0.323 e. The molecule has 0 spiro atoms. The number of nitrogens with one attached hydrogen (secondary N) is 1. The minimum atomic E-state index is -3.83. The van der Waals surface area contributed by atoms with Crippen molar-refractivity contribution in [1.29, 1.82) is 0 Å². The first kappa shape index (κ1) is 17.6. The van der Waals surface area contributed by atoms with Crippen molar-refractivity contribution in [2.75, 3.05) is 39.3 Å².